The molecule has 0 unspecified atom stereocenters. The van der Waals surface area contributed by atoms with Gasteiger partial charge in [-0.25, -0.2) is 0 Å². The number of fused-ring (bicyclic) bond motifs is 6. The Hall–Kier alpha value is -7.67. The fourth-order valence-electron chi connectivity index (χ4n) is 9.34. The van der Waals surface area contributed by atoms with Crippen LogP contribution in [-0.2, 0) is 5.41 Å². The third-order valence-corrected chi connectivity index (χ3v) is 12.0. The number of nitrogens with one attached hydrogen (secondary N) is 1. The summed E-state index contributed by atoms with van der Waals surface area (Å²) in [5.74, 6) is 0. The zero-order valence-electron chi connectivity index (χ0n) is 32.9. The molecule has 3 nitrogen and oxygen atoms in total. The molecule has 7 aromatic carbocycles. The quantitative estimate of drug-likeness (QED) is 0.149. The lowest BCUT2D eigenvalue weighted by atomic mass is 9.67. The minimum absolute atomic E-state index is 0.425. The lowest BCUT2D eigenvalue weighted by Crippen LogP contribution is -2.28. The van der Waals surface area contributed by atoms with Crippen molar-refractivity contribution in [1.82, 2.24) is 4.57 Å². The Morgan fingerprint density at radius 3 is 2.14 bits per heavy atom. The fraction of sp³-hybridized carbons (Fsp3) is 0.0536. The number of hydrogen-bond donors (Lipinski definition) is 1. The van der Waals surface area contributed by atoms with Gasteiger partial charge in [-0.2, -0.15) is 5.26 Å². The van der Waals surface area contributed by atoms with Crippen molar-refractivity contribution >= 4 is 44.3 Å². The molecule has 0 atom stereocenters. The summed E-state index contributed by atoms with van der Waals surface area (Å²) in [4.78, 5) is 0. The number of nitriles is 1. The largest absolute Gasteiger partial charge is 0.355 e. The molecular weight excluding hydrogens is 715 g/mol. The Kier molecular flexibility index (Phi) is 8.89. The highest BCUT2D eigenvalue weighted by atomic mass is 15.0. The highest BCUT2D eigenvalue weighted by Crippen LogP contribution is 2.59. The van der Waals surface area contributed by atoms with Crippen molar-refractivity contribution in [2.45, 2.75) is 18.8 Å². The summed E-state index contributed by atoms with van der Waals surface area (Å²) in [7, 11) is 0. The standard InChI is InChI=1S/C56H41N3/c1-3-4-7-15-38(2)49-34-40(41-27-33-55-50(35-41)48-20-12-13-23-54(48)59(55)45-29-24-39(37-57)25-30-45)26-32-53(49)58-44-28-31-47-46-21-14-22-51(46)56(52(47)36-44,42-16-8-5-9-17-42)43-18-10-6-11-19-43/h3-13,15-36,58H,2,14H2,1H3/b4-3-,15-7-. The van der Waals surface area contributed by atoms with Gasteiger partial charge in [-0.1, -0.05) is 140 Å². The van der Waals surface area contributed by atoms with Crippen molar-refractivity contribution in [3.05, 3.63) is 246 Å². The van der Waals surface area contributed by atoms with Crippen LogP contribution in [0.15, 0.2) is 212 Å². The number of benzene rings is 7. The third-order valence-electron chi connectivity index (χ3n) is 12.0. The van der Waals surface area contributed by atoms with Gasteiger partial charge in [0.2, 0.25) is 0 Å². The normalized spacial score (nSPS) is 14.0. The van der Waals surface area contributed by atoms with Gasteiger partial charge in [-0.3, -0.25) is 0 Å². The first kappa shape index (κ1) is 35.7. The molecule has 0 radical (unpaired) electrons. The second kappa shape index (κ2) is 14.7. The predicted molar refractivity (Wildman–Crippen MR) is 247 cm³/mol. The molecule has 1 heterocycles. The van der Waals surface area contributed by atoms with E-state index >= 15 is 0 Å². The number of anilines is 2. The van der Waals surface area contributed by atoms with Crippen LogP contribution in [0.3, 0.4) is 0 Å². The molecule has 0 saturated heterocycles. The van der Waals surface area contributed by atoms with Gasteiger partial charge in [0.05, 0.1) is 28.1 Å². The van der Waals surface area contributed by atoms with Crippen molar-refractivity contribution in [3.8, 4) is 22.9 Å². The van der Waals surface area contributed by atoms with Crippen LogP contribution in [0.2, 0.25) is 0 Å². The first-order valence-corrected chi connectivity index (χ1v) is 20.2. The Bertz CT molecular complexity index is 3070. The van der Waals surface area contributed by atoms with Gasteiger partial charge in [-0.15, -0.1) is 0 Å². The minimum Gasteiger partial charge on any atom is -0.355 e. The van der Waals surface area contributed by atoms with E-state index in [4.69, 9.17) is 0 Å². The average Bonchev–Trinajstić information content (AvgIpc) is 3.98. The van der Waals surface area contributed by atoms with E-state index in [-0.39, 0.29) is 0 Å². The molecular formula is C56H41N3. The lowest BCUT2D eigenvalue weighted by molar-refractivity contribution is 0.769. The van der Waals surface area contributed by atoms with Gasteiger partial charge in [-0.05, 0) is 130 Å². The topological polar surface area (TPSA) is 40.8 Å². The van der Waals surface area contributed by atoms with Gasteiger partial charge >= 0.3 is 0 Å². The van der Waals surface area contributed by atoms with Crippen LogP contribution in [0, 0.1) is 11.3 Å². The van der Waals surface area contributed by atoms with Crippen LogP contribution in [-0.4, -0.2) is 4.57 Å². The Balaban J connectivity index is 1.09. The van der Waals surface area contributed by atoms with Crippen molar-refractivity contribution in [2.75, 3.05) is 5.32 Å². The molecule has 1 aromatic heterocycles. The second-order valence-corrected chi connectivity index (χ2v) is 15.3. The van der Waals surface area contributed by atoms with Crippen molar-refractivity contribution in [2.24, 2.45) is 0 Å². The van der Waals surface area contributed by atoms with Crippen LogP contribution in [0.25, 0.3) is 49.8 Å². The maximum absolute atomic E-state index is 9.42. The van der Waals surface area contributed by atoms with Gasteiger partial charge < -0.3 is 9.88 Å². The van der Waals surface area contributed by atoms with Gasteiger partial charge in [0.1, 0.15) is 0 Å². The molecule has 3 heteroatoms. The zero-order chi connectivity index (χ0) is 39.9. The zero-order valence-corrected chi connectivity index (χ0v) is 32.9. The summed E-state index contributed by atoms with van der Waals surface area (Å²) in [6.07, 6.45) is 13.9. The number of rotatable bonds is 9. The average molecular weight is 756 g/mol. The molecule has 0 saturated carbocycles. The van der Waals surface area contributed by atoms with E-state index in [0.717, 1.165) is 56.8 Å². The van der Waals surface area contributed by atoms with Gasteiger partial charge in [0.15, 0.2) is 0 Å². The van der Waals surface area contributed by atoms with E-state index < -0.39 is 5.41 Å². The molecule has 59 heavy (non-hydrogen) atoms. The smallest absolute Gasteiger partial charge is 0.0991 e. The van der Waals surface area contributed by atoms with Crippen LogP contribution < -0.4 is 5.32 Å². The van der Waals surface area contributed by atoms with E-state index in [1.165, 1.54) is 44.2 Å². The lowest BCUT2D eigenvalue weighted by Gasteiger charge is -2.34. The molecule has 0 spiro atoms. The first-order chi connectivity index (χ1) is 29.1. The summed E-state index contributed by atoms with van der Waals surface area (Å²) in [5.41, 5.74) is 17.5. The molecule has 0 aliphatic heterocycles. The predicted octanol–water partition coefficient (Wildman–Crippen LogP) is 14.3. The molecule has 1 N–H and O–H groups in total. The van der Waals surface area contributed by atoms with Crippen LogP contribution >= 0.6 is 0 Å². The molecule has 10 rings (SSSR count). The van der Waals surface area contributed by atoms with Crippen molar-refractivity contribution in [1.29, 1.82) is 5.26 Å². The van der Waals surface area contributed by atoms with E-state index in [2.05, 4.69) is 180 Å². The Morgan fingerprint density at radius 2 is 1.39 bits per heavy atom. The fourth-order valence-corrected chi connectivity index (χ4v) is 9.34. The molecule has 0 bridgehead atoms. The molecule has 8 aromatic rings. The van der Waals surface area contributed by atoms with E-state index in [1.54, 1.807) is 0 Å². The highest BCUT2D eigenvalue weighted by Gasteiger charge is 2.49. The van der Waals surface area contributed by atoms with Gasteiger partial charge in [0.25, 0.3) is 0 Å². The Labute approximate surface area is 345 Å². The highest BCUT2D eigenvalue weighted by molar-refractivity contribution is 6.10. The Morgan fingerprint density at radius 1 is 0.695 bits per heavy atom. The molecule has 0 amide bonds. The number of nitrogens with zero attached hydrogens (tertiary/aromatic N) is 2. The van der Waals surface area contributed by atoms with Crippen LogP contribution in [0.4, 0.5) is 11.4 Å². The maximum atomic E-state index is 9.42. The van der Waals surface area contributed by atoms with Gasteiger partial charge in [0, 0.05) is 33.4 Å². The van der Waals surface area contributed by atoms with Crippen molar-refractivity contribution < 1.29 is 0 Å². The van der Waals surface area contributed by atoms with E-state index in [9.17, 15) is 5.26 Å². The number of aromatic nitrogens is 1. The number of allylic oxidation sites excluding steroid dienone is 9. The maximum Gasteiger partial charge on any atom is 0.0991 e. The van der Waals surface area contributed by atoms with E-state index in [1.807, 2.05) is 49.4 Å². The minimum atomic E-state index is -0.425. The van der Waals surface area contributed by atoms with Crippen molar-refractivity contribution in [3.63, 3.8) is 0 Å². The number of para-hydroxylation sites is 1. The number of hydrogen-bond acceptors (Lipinski definition) is 2. The summed E-state index contributed by atoms with van der Waals surface area (Å²) in [6, 6.07) is 60.8. The third kappa shape index (κ3) is 5.89. The summed E-state index contributed by atoms with van der Waals surface area (Å²) in [5, 5.41) is 15.6. The monoisotopic (exact) mass is 755 g/mol. The van der Waals surface area contributed by atoms with E-state index in [0.29, 0.717) is 5.56 Å². The van der Waals surface area contributed by atoms with Crippen LogP contribution in [0.5, 0.6) is 0 Å². The van der Waals surface area contributed by atoms with Crippen LogP contribution in [0.1, 0.15) is 46.7 Å². The molecule has 2 aliphatic carbocycles. The molecule has 2 aliphatic rings. The first-order valence-electron chi connectivity index (χ1n) is 20.2. The summed E-state index contributed by atoms with van der Waals surface area (Å²) in [6.45, 7) is 6.60. The molecule has 0 fully saturated rings. The summed E-state index contributed by atoms with van der Waals surface area (Å²) >= 11 is 0. The summed E-state index contributed by atoms with van der Waals surface area (Å²) < 4.78 is 2.28. The molecule has 280 valence electrons. The SMILES string of the molecule is C=C(/C=C\C=C/C)c1cc(-c2ccc3c(c2)c2ccccc2n3-c2ccc(C#N)cc2)ccc1Nc1ccc2c(c1)C(c1ccccc1)(c1ccccc1)C1=CCC=C12. The second-order valence-electron chi connectivity index (χ2n) is 15.3.